The average molecular weight is 76.1 g/mol. The Bertz CT molecular complexity index is 8.00. The molecule has 0 bridgehead atoms. The largest absolute Gasteiger partial charge is 0.303 e. The zero-order chi connectivity index (χ0) is 3.41. The van der Waals surface area contributed by atoms with Crippen molar-refractivity contribution in [3.8, 4) is 0 Å². The Kier molecular flexibility index (Phi) is 3.57. The molecule has 0 spiro atoms. The van der Waals surface area contributed by atoms with Crippen molar-refractivity contribution >= 4 is 12.9 Å². The molecule has 24 valence electrons. The van der Waals surface area contributed by atoms with E-state index in [0.29, 0.717) is 6.61 Å². The summed E-state index contributed by atoms with van der Waals surface area (Å²) in [5.74, 6) is 0. The maximum absolute atomic E-state index is 4.01. The molecule has 0 aliphatic heterocycles. The van der Waals surface area contributed by atoms with Crippen LogP contribution in [0.25, 0.3) is 0 Å². The van der Waals surface area contributed by atoms with Gasteiger partial charge >= 0.3 is 0 Å². The fourth-order valence-corrected chi connectivity index (χ4v) is 0. The summed E-state index contributed by atoms with van der Waals surface area (Å²) in [5, 5.41) is 0. The smallest absolute Gasteiger partial charge is 0.0925 e. The van der Waals surface area contributed by atoms with Gasteiger partial charge < -0.3 is 4.18 Å². The molecule has 0 rings (SSSR count). The summed E-state index contributed by atoms with van der Waals surface area (Å²) in [4.78, 5) is 0. The first-order valence-electron chi connectivity index (χ1n) is 0.955. The Labute approximate surface area is 31.6 Å². The third kappa shape index (κ3) is 2.31. The summed E-state index contributed by atoms with van der Waals surface area (Å²) in [6.45, 7) is 3.66. The Balaban J connectivity index is 1.97. The second kappa shape index (κ2) is 3.31. The van der Waals surface area contributed by atoms with Crippen LogP contribution in [0.1, 0.15) is 0 Å². The lowest BCUT2D eigenvalue weighted by atomic mass is 10.9. The monoisotopic (exact) mass is 76.0 g/mol. The maximum atomic E-state index is 4.01. The topological polar surface area (TPSA) is 9.23 Å². The summed E-state index contributed by atoms with van der Waals surface area (Å²) >= 11 is 3.99. The maximum Gasteiger partial charge on any atom is 0.0925 e. The van der Waals surface area contributed by atoms with Crippen LogP contribution in [0.5, 0.6) is 0 Å². The number of rotatable bonds is 1. The molecule has 0 unspecified atom stereocenters. The van der Waals surface area contributed by atoms with Crippen molar-refractivity contribution < 1.29 is 4.18 Å². The van der Waals surface area contributed by atoms with Crippen molar-refractivity contribution in [3.63, 3.8) is 0 Å². The zero-order valence-electron chi connectivity index (χ0n) is 2.23. The highest BCUT2D eigenvalue weighted by Gasteiger charge is 1.55. The van der Waals surface area contributed by atoms with Crippen LogP contribution in [0.4, 0.5) is 0 Å². The van der Waals surface area contributed by atoms with Crippen LogP contribution in [-0.4, -0.2) is 6.61 Å². The van der Waals surface area contributed by atoms with E-state index in [0.717, 1.165) is 0 Å². The fraction of sp³-hybridized carbons (Fsp3) is 0.500. The summed E-state index contributed by atoms with van der Waals surface area (Å²) in [6.07, 6.45) is 0. The van der Waals surface area contributed by atoms with Gasteiger partial charge in [-0.15, -0.1) is 0 Å². The zero-order valence-corrected chi connectivity index (χ0v) is 3.05. The lowest BCUT2D eigenvalue weighted by Gasteiger charge is -1.71. The van der Waals surface area contributed by atoms with Gasteiger partial charge in [0.2, 0.25) is 0 Å². The van der Waals surface area contributed by atoms with Gasteiger partial charge in [0, 0.05) is 0 Å². The molecule has 0 fully saturated rings. The van der Waals surface area contributed by atoms with E-state index in [1.54, 1.807) is 0 Å². The normalized spacial score (nSPS) is 7.50. The Morgan fingerprint density at radius 3 is 2.25 bits per heavy atom. The summed E-state index contributed by atoms with van der Waals surface area (Å²) in [6, 6.07) is 0. The Hall–Kier alpha value is 0.310. The van der Waals surface area contributed by atoms with Crippen molar-refractivity contribution in [1.29, 1.82) is 0 Å². The van der Waals surface area contributed by atoms with Gasteiger partial charge in [-0.25, -0.2) is 0 Å². The quantitative estimate of drug-likeness (QED) is 0.452. The lowest BCUT2D eigenvalue weighted by Crippen LogP contribution is -1.65. The van der Waals surface area contributed by atoms with E-state index in [2.05, 4.69) is 24.0 Å². The van der Waals surface area contributed by atoms with E-state index < -0.39 is 0 Å². The minimum absolute atomic E-state index is 0.384. The summed E-state index contributed by atoms with van der Waals surface area (Å²) in [7, 11) is 0. The van der Waals surface area contributed by atoms with E-state index >= 15 is 0 Å². The molecule has 0 saturated heterocycles. The number of hydrogen-bond donors (Lipinski definition) is 0. The molecule has 0 aliphatic carbocycles. The second-order valence-electron chi connectivity index (χ2n) is 0.322. The van der Waals surface area contributed by atoms with Gasteiger partial charge in [-0.05, 0) is 6.92 Å². The first-order valence-corrected chi connectivity index (χ1v) is 1.29. The average Bonchev–Trinajstić information content (AvgIpc) is 1.37. The molecule has 0 atom stereocenters. The van der Waals surface area contributed by atoms with E-state index in [1.807, 2.05) is 0 Å². The molecule has 1 nitrogen and oxygen atoms in total. The Morgan fingerprint density at radius 1 is 2.00 bits per heavy atom. The third-order valence-electron chi connectivity index (χ3n) is 0.0833. The van der Waals surface area contributed by atoms with E-state index in [1.165, 1.54) is 0 Å². The van der Waals surface area contributed by atoms with E-state index in [4.69, 9.17) is 0 Å². The molecule has 2 heteroatoms. The molecule has 0 heterocycles. The van der Waals surface area contributed by atoms with Gasteiger partial charge in [0.1, 0.15) is 0 Å². The molecule has 0 N–H and O–H groups in total. The summed E-state index contributed by atoms with van der Waals surface area (Å²) < 4.78 is 4.01. The summed E-state index contributed by atoms with van der Waals surface area (Å²) in [5.41, 5.74) is 0. The van der Waals surface area contributed by atoms with Crippen LogP contribution < -0.4 is 0 Å². The van der Waals surface area contributed by atoms with Crippen LogP contribution >= 0.6 is 12.9 Å². The minimum atomic E-state index is 0.384. The highest BCUT2D eigenvalue weighted by Crippen LogP contribution is 1.69. The molecule has 0 aromatic carbocycles. The van der Waals surface area contributed by atoms with Gasteiger partial charge in [-0.2, -0.15) is 0 Å². The molecule has 2 radical (unpaired) electrons. The molecular formula is C2H4OS. The minimum Gasteiger partial charge on any atom is -0.303 e. The molecule has 0 aromatic rings. The van der Waals surface area contributed by atoms with E-state index in [-0.39, 0.29) is 0 Å². The lowest BCUT2D eigenvalue weighted by molar-refractivity contribution is 0.436. The molecular weight excluding hydrogens is 72.1 g/mol. The van der Waals surface area contributed by atoms with E-state index in [9.17, 15) is 0 Å². The van der Waals surface area contributed by atoms with Crippen molar-refractivity contribution in [1.82, 2.24) is 0 Å². The highest BCUT2D eigenvalue weighted by molar-refractivity contribution is 7.75. The van der Waals surface area contributed by atoms with Crippen molar-refractivity contribution in [3.05, 3.63) is 6.92 Å². The SMILES string of the molecule is [CH2]CO[S]. The second-order valence-corrected chi connectivity index (χ2v) is 0.558. The van der Waals surface area contributed by atoms with Crippen LogP contribution in [-0.2, 0) is 4.18 Å². The van der Waals surface area contributed by atoms with Gasteiger partial charge in [-0.1, -0.05) is 0 Å². The molecule has 4 heavy (non-hydrogen) atoms. The third-order valence-corrected chi connectivity index (χ3v) is 0.250. The standard InChI is InChI=1S/C2H4OS/c1-2-3-4/h1-2H2. The van der Waals surface area contributed by atoms with Gasteiger partial charge in [0.25, 0.3) is 0 Å². The van der Waals surface area contributed by atoms with Crippen LogP contribution in [0, 0.1) is 6.92 Å². The fourth-order valence-electron chi connectivity index (χ4n) is 0. The first kappa shape index (κ1) is 4.31. The Morgan fingerprint density at radius 2 is 2.25 bits per heavy atom. The highest BCUT2D eigenvalue weighted by atomic mass is 32.1. The molecule has 0 amide bonds. The van der Waals surface area contributed by atoms with Crippen molar-refractivity contribution in [2.45, 2.75) is 0 Å². The molecule has 0 aromatic heterocycles. The van der Waals surface area contributed by atoms with Gasteiger partial charge in [-0.3, -0.25) is 0 Å². The van der Waals surface area contributed by atoms with Crippen LogP contribution in [0.2, 0.25) is 0 Å². The molecule has 0 saturated carbocycles. The number of hydrogen-bond acceptors (Lipinski definition) is 1. The predicted octanol–water partition coefficient (Wildman–Crippen LogP) is 0.950. The molecule has 0 aliphatic rings. The van der Waals surface area contributed by atoms with Gasteiger partial charge in [0.05, 0.1) is 19.5 Å². The van der Waals surface area contributed by atoms with Crippen molar-refractivity contribution in [2.75, 3.05) is 6.61 Å². The predicted molar refractivity (Wildman–Crippen MR) is 18.9 cm³/mol. The van der Waals surface area contributed by atoms with Gasteiger partial charge in [0.15, 0.2) is 0 Å². The van der Waals surface area contributed by atoms with Crippen LogP contribution in [0.3, 0.4) is 0 Å². The van der Waals surface area contributed by atoms with Crippen molar-refractivity contribution in [2.24, 2.45) is 0 Å². The van der Waals surface area contributed by atoms with Crippen LogP contribution in [0.15, 0.2) is 0 Å². The first-order chi connectivity index (χ1) is 1.91.